The van der Waals surface area contributed by atoms with Gasteiger partial charge in [0, 0.05) is 23.5 Å². The van der Waals surface area contributed by atoms with E-state index < -0.39 is 0 Å². The van der Waals surface area contributed by atoms with Crippen molar-refractivity contribution in [3.05, 3.63) is 23.0 Å². The second-order valence-electron chi connectivity index (χ2n) is 4.44. The molecule has 2 heteroatoms. The van der Waals surface area contributed by atoms with Crippen molar-refractivity contribution in [2.45, 2.75) is 52.1 Å². The van der Waals surface area contributed by atoms with E-state index in [0.717, 1.165) is 12.5 Å². The smallest absolute Gasteiger partial charge is 0.0337 e. The molecular weight excluding hydrogens is 172 g/mol. The maximum Gasteiger partial charge on any atom is 0.0337 e. The van der Waals surface area contributed by atoms with Crippen LogP contribution in [-0.4, -0.2) is 4.57 Å². The lowest BCUT2D eigenvalue weighted by Gasteiger charge is -2.11. The molecule has 14 heavy (non-hydrogen) atoms. The van der Waals surface area contributed by atoms with Gasteiger partial charge in [-0.15, -0.1) is 0 Å². The summed E-state index contributed by atoms with van der Waals surface area (Å²) in [5.74, 6) is 0. The molecule has 0 amide bonds. The van der Waals surface area contributed by atoms with Gasteiger partial charge in [0.2, 0.25) is 0 Å². The third-order valence-corrected chi connectivity index (χ3v) is 3.27. The molecule has 1 aliphatic carbocycles. The molecule has 1 aliphatic rings. The van der Waals surface area contributed by atoms with Gasteiger partial charge in [0.25, 0.3) is 0 Å². The van der Waals surface area contributed by atoms with Crippen molar-refractivity contribution in [3.63, 3.8) is 0 Å². The Labute approximate surface area is 86.1 Å². The number of aryl methyl sites for hydroxylation is 1. The van der Waals surface area contributed by atoms with Crippen LogP contribution in [0.1, 0.15) is 55.2 Å². The lowest BCUT2D eigenvalue weighted by Crippen LogP contribution is -2.10. The molecule has 1 saturated carbocycles. The van der Waals surface area contributed by atoms with Gasteiger partial charge in [-0.2, -0.15) is 0 Å². The van der Waals surface area contributed by atoms with E-state index in [0.29, 0.717) is 0 Å². The highest BCUT2D eigenvalue weighted by Gasteiger charge is 2.27. The van der Waals surface area contributed by atoms with Crippen LogP contribution in [0.4, 0.5) is 0 Å². The Hall–Kier alpha value is -0.760. The zero-order valence-corrected chi connectivity index (χ0v) is 9.38. The summed E-state index contributed by atoms with van der Waals surface area (Å²) in [4.78, 5) is 0. The van der Waals surface area contributed by atoms with Crippen LogP contribution in [0.25, 0.3) is 0 Å². The van der Waals surface area contributed by atoms with Gasteiger partial charge in [-0.1, -0.05) is 6.92 Å². The molecular formula is C12H20N2. The summed E-state index contributed by atoms with van der Waals surface area (Å²) >= 11 is 0. The third kappa shape index (κ3) is 1.48. The first-order valence-corrected chi connectivity index (χ1v) is 5.59. The lowest BCUT2D eigenvalue weighted by atomic mass is 10.1. The second kappa shape index (κ2) is 3.43. The van der Waals surface area contributed by atoms with Gasteiger partial charge in [-0.3, -0.25) is 0 Å². The van der Waals surface area contributed by atoms with Crippen molar-refractivity contribution in [3.8, 4) is 0 Å². The quantitative estimate of drug-likeness (QED) is 0.784. The van der Waals surface area contributed by atoms with Crippen LogP contribution in [0.2, 0.25) is 0 Å². The topological polar surface area (TPSA) is 30.9 Å². The van der Waals surface area contributed by atoms with Gasteiger partial charge < -0.3 is 10.3 Å². The molecule has 78 valence electrons. The van der Waals surface area contributed by atoms with E-state index in [2.05, 4.69) is 31.4 Å². The monoisotopic (exact) mass is 192 g/mol. The average molecular weight is 192 g/mol. The molecule has 0 bridgehead atoms. The van der Waals surface area contributed by atoms with Crippen LogP contribution in [-0.2, 0) is 0 Å². The fourth-order valence-corrected chi connectivity index (χ4v) is 2.29. The maximum absolute atomic E-state index is 6.08. The Morgan fingerprint density at radius 2 is 2.14 bits per heavy atom. The van der Waals surface area contributed by atoms with Crippen molar-refractivity contribution < 1.29 is 0 Å². The normalized spacial score (nSPS) is 18.6. The molecule has 1 fully saturated rings. The molecule has 1 aromatic heterocycles. The molecule has 0 aromatic carbocycles. The zero-order chi connectivity index (χ0) is 10.3. The van der Waals surface area contributed by atoms with E-state index in [4.69, 9.17) is 5.73 Å². The molecule has 1 atom stereocenters. The fourth-order valence-electron chi connectivity index (χ4n) is 2.29. The standard InChI is InChI=1S/C12H20N2/c1-4-12(13)11-7-8(2)14(9(11)3)10-5-6-10/h7,10,12H,4-6,13H2,1-3H3. The SMILES string of the molecule is CCC(N)c1cc(C)n(C2CC2)c1C. The molecule has 2 N–H and O–H groups in total. The van der Waals surface area contributed by atoms with E-state index in [9.17, 15) is 0 Å². The first-order valence-electron chi connectivity index (χ1n) is 5.59. The highest BCUT2D eigenvalue weighted by atomic mass is 15.1. The van der Waals surface area contributed by atoms with Crippen LogP contribution in [0.5, 0.6) is 0 Å². The van der Waals surface area contributed by atoms with Gasteiger partial charge in [-0.05, 0) is 44.7 Å². The third-order valence-electron chi connectivity index (χ3n) is 3.27. The van der Waals surface area contributed by atoms with Gasteiger partial charge in [0.15, 0.2) is 0 Å². The minimum absolute atomic E-state index is 0.216. The predicted molar refractivity (Wildman–Crippen MR) is 59.4 cm³/mol. The molecule has 0 aliphatic heterocycles. The summed E-state index contributed by atoms with van der Waals surface area (Å²) in [5, 5.41) is 0. The largest absolute Gasteiger partial charge is 0.346 e. The minimum Gasteiger partial charge on any atom is -0.346 e. The molecule has 2 rings (SSSR count). The van der Waals surface area contributed by atoms with Crippen molar-refractivity contribution in [2.75, 3.05) is 0 Å². The summed E-state index contributed by atoms with van der Waals surface area (Å²) in [6.45, 7) is 6.54. The van der Waals surface area contributed by atoms with Crippen LogP contribution in [0.15, 0.2) is 6.07 Å². The molecule has 0 saturated heterocycles. The molecule has 2 nitrogen and oxygen atoms in total. The van der Waals surface area contributed by atoms with E-state index >= 15 is 0 Å². The number of hydrogen-bond acceptors (Lipinski definition) is 1. The number of nitrogens with zero attached hydrogens (tertiary/aromatic N) is 1. The van der Waals surface area contributed by atoms with Gasteiger partial charge in [-0.25, -0.2) is 0 Å². The maximum atomic E-state index is 6.08. The Bertz CT molecular complexity index is 334. The fraction of sp³-hybridized carbons (Fsp3) is 0.667. The molecule has 0 spiro atoms. The lowest BCUT2D eigenvalue weighted by molar-refractivity contribution is 0.663. The Morgan fingerprint density at radius 3 is 2.64 bits per heavy atom. The minimum atomic E-state index is 0.216. The Kier molecular flexibility index (Phi) is 2.40. The van der Waals surface area contributed by atoms with Gasteiger partial charge >= 0.3 is 0 Å². The zero-order valence-electron chi connectivity index (χ0n) is 9.38. The first kappa shape index (κ1) is 9.78. The van der Waals surface area contributed by atoms with Crippen molar-refractivity contribution in [2.24, 2.45) is 5.73 Å². The summed E-state index contributed by atoms with van der Waals surface area (Å²) < 4.78 is 2.46. The summed E-state index contributed by atoms with van der Waals surface area (Å²) in [6.07, 6.45) is 3.71. The van der Waals surface area contributed by atoms with Crippen LogP contribution < -0.4 is 5.73 Å². The summed E-state index contributed by atoms with van der Waals surface area (Å²) in [6, 6.07) is 3.25. The van der Waals surface area contributed by atoms with Gasteiger partial charge in [0.05, 0.1) is 0 Å². The molecule has 0 radical (unpaired) electrons. The number of aromatic nitrogens is 1. The number of nitrogens with two attached hydrogens (primary N) is 1. The first-order chi connectivity index (χ1) is 6.65. The number of rotatable bonds is 3. The van der Waals surface area contributed by atoms with Crippen molar-refractivity contribution in [1.82, 2.24) is 4.57 Å². The van der Waals surface area contributed by atoms with E-state index in [1.807, 2.05) is 0 Å². The van der Waals surface area contributed by atoms with E-state index in [-0.39, 0.29) is 6.04 Å². The van der Waals surface area contributed by atoms with Crippen LogP contribution >= 0.6 is 0 Å². The molecule has 1 unspecified atom stereocenters. The molecule has 1 heterocycles. The van der Waals surface area contributed by atoms with Gasteiger partial charge in [0.1, 0.15) is 0 Å². The summed E-state index contributed by atoms with van der Waals surface area (Å²) in [5.41, 5.74) is 10.2. The average Bonchev–Trinajstić information content (AvgIpc) is 2.93. The van der Waals surface area contributed by atoms with Crippen molar-refractivity contribution >= 4 is 0 Å². The van der Waals surface area contributed by atoms with Crippen molar-refractivity contribution in [1.29, 1.82) is 0 Å². The Morgan fingerprint density at radius 1 is 1.50 bits per heavy atom. The van der Waals surface area contributed by atoms with E-state index in [1.165, 1.54) is 29.8 Å². The Balaban J connectivity index is 2.38. The molecule has 1 aromatic rings. The predicted octanol–water partition coefficient (Wildman–Crippen LogP) is 2.85. The highest BCUT2D eigenvalue weighted by molar-refractivity contribution is 5.30. The second-order valence-corrected chi connectivity index (χ2v) is 4.44. The summed E-state index contributed by atoms with van der Waals surface area (Å²) in [7, 11) is 0. The van der Waals surface area contributed by atoms with Crippen LogP contribution in [0.3, 0.4) is 0 Å². The van der Waals surface area contributed by atoms with Crippen LogP contribution in [0, 0.1) is 13.8 Å². The van der Waals surface area contributed by atoms with E-state index in [1.54, 1.807) is 0 Å². The number of hydrogen-bond donors (Lipinski definition) is 1. The highest BCUT2D eigenvalue weighted by Crippen LogP contribution is 2.39.